The number of aryl methyl sites for hydroxylation is 1. The van der Waals surface area contributed by atoms with Crippen molar-refractivity contribution in [1.82, 2.24) is 14.8 Å². The van der Waals surface area contributed by atoms with Crippen LogP contribution in [0, 0.1) is 5.82 Å². The Morgan fingerprint density at radius 2 is 2.12 bits per heavy atom. The first-order chi connectivity index (χ1) is 11.6. The van der Waals surface area contributed by atoms with Crippen molar-refractivity contribution in [1.29, 1.82) is 0 Å². The number of carbonyl (C=O) groups is 1. The van der Waals surface area contributed by atoms with Gasteiger partial charge in [0.15, 0.2) is 0 Å². The number of rotatable bonds is 5. The summed E-state index contributed by atoms with van der Waals surface area (Å²) < 4.78 is 14.7. The maximum absolute atomic E-state index is 13.2. The van der Waals surface area contributed by atoms with Gasteiger partial charge in [-0.1, -0.05) is 23.7 Å². The van der Waals surface area contributed by atoms with E-state index in [4.69, 9.17) is 11.6 Å². The molecule has 1 aromatic heterocycles. The monoisotopic (exact) mass is 344 g/mol. The summed E-state index contributed by atoms with van der Waals surface area (Å²) >= 11 is 6.01. The van der Waals surface area contributed by atoms with E-state index in [1.165, 1.54) is 24.8 Å². The van der Waals surface area contributed by atoms with Gasteiger partial charge in [0.05, 0.1) is 11.4 Å². The summed E-state index contributed by atoms with van der Waals surface area (Å²) in [6.45, 7) is 0. The standard InChI is InChI=1S/C17H14ClFN4O/c18-13-5-6-16(23-11-20-10-21-23)15(9-13)22-17(24)7-4-12-2-1-3-14(19)8-12/h1-3,5-6,8-11H,4,7H2,(H,22,24). The third kappa shape index (κ3) is 3.97. The van der Waals surface area contributed by atoms with E-state index in [0.717, 1.165) is 5.56 Å². The van der Waals surface area contributed by atoms with Gasteiger partial charge in [0.2, 0.25) is 5.91 Å². The molecule has 0 aliphatic rings. The molecule has 0 saturated carbocycles. The topological polar surface area (TPSA) is 59.8 Å². The second-order valence-electron chi connectivity index (χ2n) is 5.18. The predicted molar refractivity (Wildman–Crippen MR) is 89.7 cm³/mol. The molecule has 24 heavy (non-hydrogen) atoms. The molecule has 0 unspecified atom stereocenters. The lowest BCUT2D eigenvalue weighted by Crippen LogP contribution is -2.14. The average Bonchev–Trinajstić information content (AvgIpc) is 3.07. The van der Waals surface area contributed by atoms with Crippen LogP contribution in [0.5, 0.6) is 0 Å². The third-order valence-corrected chi connectivity index (χ3v) is 3.66. The molecule has 7 heteroatoms. The second-order valence-corrected chi connectivity index (χ2v) is 5.62. The Bertz CT molecular complexity index is 852. The SMILES string of the molecule is O=C(CCc1cccc(F)c1)Nc1cc(Cl)ccc1-n1cncn1. The molecule has 2 aromatic carbocycles. The van der Waals surface area contributed by atoms with Crippen LogP contribution in [0.1, 0.15) is 12.0 Å². The molecule has 1 N–H and O–H groups in total. The third-order valence-electron chi connectivity index (χ3n) is 3.43. The Balaban J connectivity index is 1.71. The van der Waals surface area contributed by atoms with Crippen molar-refractivity contribution in [3.63, 3.8) is 0 Å². The van der Waals surface area contributed by atoms with Crippen LogP contribution in [0.25, 0.3) is 5.69 Å². The van der Waals surface area contributed by atoms with Crippen LogP contribution < -0.4 is 5.32 Å². The summed E-state index contributed by atoms with van der Waals surface area (Å²) in [6.07, 6.45) is 3.62. The van der Waals surface area contributed by atoms with Crippen LogP contribution in [0.15, 0.2) is 55.1 Å². The maximum atomic E-state index is 13.2. The molecule has 3 rings (SSSR count). The molecule has 5 nitrogen and oxygen atoms in total. The molecule has 3 aromatic rings. The van der Waals surface area contributed by atoms with Crippen molar-refractivity contribution in [2.45, 2.75) is 12.8 Å². The minimum absolute atomic E-state index is 0.192. The average molecular weight is 345 g/mol. The van der Waals surface area contributed by atoms with Crippen molar-refractivity contribution in [2.75, 3.05) is 5.32 Å². The van der Waals surface area contributed by atoms with Crippen molar-refractivity contribution >= 4 is 23.2 Å². The molecule has 0 atom stereocenters. The van der Waals surface area contributed by atoms with Gasteiger partial charge in [-0.25, -0.2) is 14.1 Å². The molecular formula is C17H14ClFN4O. The Morgan fingerprint density at radius 3 is 2.88 bits per heavy atom. The zero-order valence-corrected chi connectivity index (χ0v) is 13.4. The molecule has 0 saturated heterocycles. The first-order valence-electron chi connectivity index (χ1n) is 7.30. The smallest absolute Gasteiger partial charge is 0.224 e. The number of amides is 1. The fraction of sp³-hybridized carbons (Fsp3) is 0.118. The quantitative estimate of drug-likeness (QED) is 0.768. The zero-order valence-electron chi connectivity index (χ0n) is 12.6. The molecule has 0 bridgehead atoms. The first-order valence-corrected chi connectivity index (χ1v) is 7.68. The molecule has 122 valence electrons. The highest BCUT2D eigenvalue weighted by Gasteiger charge is 2.10. The molecule has 0 aliphatic carbocycles. The Hall–Kier alpha value is -2.73. The van der Waals surface area contributed by atoms with Gasteiger partial charge in [-0.3, -0.25) is 4.79 Å². The van der Waals surface area contributed by atoms with Crippen LogP contribution in [0.3, 0.4) is 0 Å². The lowest BCUT2D eigenvalue weighted by molar-refractivity contribution is -0.116. The molecule has 0 fully saturated rings. The second kappa shape index (κ2) is 7.23. The minimum atomic E-state index is -0.309. The van der Waals surface area contributed by atoms with Crippen molar-refractivity contribution in [3.05, 3.63) is 71.5 Å². The van der Waals surface area contributed by atoms with Crippen molar-refractivity contribution in [2.24, 2.45) is 0 Å². The van der Waals surface area contributed by atoms with Gasteiger partial charge in [0.25, 0.3) is 0 Å². The van der Waals surface area contributed by atoms with E-state index in [9.17, 15) is 9.18 Å². The van der Waals surface area contributed by atoms with Gasteiger partial charge in [-0.2, -0.15) is 5.10 Å². The van der Waals surface area contributed by atoms with E-state index < -0.39 is 0 Å². The number of nitrogens with zero attached hydrogens (tertiary/aromatic N) is 3. The Kier molecular flexibility index (Phi) is 4.86. The summed E-state index contributed by atoms with van der Waals surface area (Å²) in [6, 6.07) is 11.3. The van der Waals surface area contributed by atoms with Gasteiger partial charge < -0.3 is 5.32 Å². The molecule has 1 heterocycles. The first kappa shape index (κ1) is 16.1. The predicted octanol–water partition coefficient (Wildman–Crippen LogP) is 3.63. The number of hydrogen-bond donors (Lipinski definition) is 1. The van der Waals surface area contributed by atoms with Crippen molar-refractivity contribution < 1.29 is 9.18 Å². The fourth-order valence-electron chi connectivity index (χ4n) is 2.30. The molecule has 0 spiro atoms. The summed E-state index contributed by atoms with van der Waals surface area (Å²) in [5.41, 5.74) is 1.97. The van der Waals surface area contributed by atoms with E-state index >= 15 is 0 Å². The largest absolute Gasteiger partial charge is 0.324 e. The number of anilines is 1. The Morgan fingerprint density at radius 1 is 1.25 bits per heavy atom. The summed E-state index contributed by atoms with van der Waals surface area (Å²) in [5.74, 6) is -0.501. The number of halogens is 2. The van der Waals surface area contributed by atoms with E-state index in [1.54, 1.807) is 35.0 Å². The highest BCUT2D eigenvalue weighted by atomic mass is 35.5. The highest BCUT2D eigenvalue weighted by Crippen LogP contribution is 2.24. The van der Waals surface area contributed by atoms with Crippen LogP contribution in [-0.2, 0) is 11.2 Å². The lowest BCUT2D eigenvalue weighted by Gasteiger charge is -2.11. The van der Waals surface area contributed by atoms with Gasteiger partial charge in [-0.05, 0) is 42.3 Å². The molecule has 0 radical (unpaired) electrons. The van der Waals surface area contributed by atoms with Crippen LogP contribution in [0.2, 0.25) is 5.02 Å². The van der Waals surface area contributed by atoms with Crippen LogP contribution in [-0.4, -0.2) is 20.7 Å². The Labute approximate surface area is 143 Å². The molecular weight excluding hydrogens is 331 g/mol. The number of aromatic nitrogens is 3. The van der Waals surface area contributed by atoms with Crippen LogP contribution in [0.4, 0.5) is 10.1 Å². The maximum Gasteiger partial charge on any atom is 0.224 e. The van der Waals surface area contributed by atoms with Gasteiger partial charge >= 0.3 is 0 Å². The summed E-state index contributed by atoms with van der Waals surface area (Å²) in [7, 11) is 0. The molecule has 1 amide bonds. The lowest BCUT2D eigenvalue weighted by atomic mass is 10.1. The minimum Gasteiger partial charge on any atom is -0.324 e. The van der Waals surface area contributed by atoms with Crippen LogP contribution >= 0.6 is 11.6 Å². The van der Waals surface area contributed by atoms with E-state index in [-0.39, 0.29) is 18.1 Å². The summed E-state index contributed by atoms with van der Waals surface area (Å²) in [5, 5.41) is 7.37. The van der Waals surface area contributed by atoms with E-state index in [1.807, 2.05) is 0 Å². The number of hydrogen-bond acceptors (Lipinski definition) is 3. The van der Waals surface area contributed by atoms with Crippen molar-refractivity contribution in [3.8, 4) is 5.69 Å². The highest BCUT2D eigenvalue weighted by molar-refractivity contribution is 6.31. The van der Waals surface area contributed by atoms with Gasteiger partial charge in [-0.15, -0.1) is 0 Å². The van der Waals surface area contributed by atoms with E-state index in [0.29, 0.717) is 22.8 Å². The summed E-state index contributed by atoms with van der Waals surface area (Å²) in [4.78, 5) is 16.1. The fourth-order valence-corrected chi connectivity index (χ4v) is 2.48. The van der Waals surface area contributed by atoms with Gasteiger partial charge in [0, 0.05) is 11.4 Å². The normalized spacial score (nSPS) is 10.6. The van der Waals surface area contributed by atoms with Gasteiger partial charge in [0.1, 0.15) is 18.5 Å². The number of carbonyl (C=O) groups excluding carboxylic acids is 1. The molecule has 0 aliphatic heterocycles. The number of benzene rings is 2. The van der Waals surface area contributed by atoms with E-state index in [2.05, 4.69) is 15.4 Å². The number of nitrogens with one attached hydrogen (secondary N) is 1. The zero-order chi connectivity index (χ0) is 16.9.